The molecule has 626 valence electrons. The van der Waals surface area contributed by atoms with Gasteiger partial charge in [0, 0.05) is 186 Å². The quantitative estimate of drug-likeness (QED) is 0.0860. The zero-order valence-corrected chi connectivity index (χ0v) is 73.7. The van der Waals surface area contributed by atoms with Gasteiger partial charge >= 0.3 is 0 Å². The fourth-order valence-electron chi connectivity index (χ4n) is 15.6. The summed E-state index contributed by atoms with van der Waals surface area (Å²) in [5, 5.41) is 20.2. The van der Waals surface area contributed by atoms with Crippen LogP contribution in [0.1, 0.15) is 72.7 Å². The van der Waals surface area contributed by atoms with Crippen molar-refractivity contribution in [3.63, 3.8) is 0 Å². The van der Waals surface area contributed by atoms with Gasteiger partial charge in [-0.05, 0) is 175 Å². The molecular formula is C87H100Cl7F3N18O3. The molecule has 6 aliphatic rings. The summed E-state index contributed by atoms with van der Waals surface area (Å²) in [5.74, 6) is 2.45. The molecule has 118 heavy (non-hydrogen) atoms. The minimum Gasteiger partial charge on any atom is -0.368 e. The van der Waals surface area contributed by atoms with Crippen LogP contribution in [0.4, 0.5) is 47.7 Å². The summed E-state index contributed by atoms with van der Waals surface area (Å²) >= 11 is 44.8. The number of aromatic nitrogens is 6. The SMILES string of the molecule is CC1=C(C(=O)N2CCN(c3ccc(F)cc3)CC2)C(c2cccc(Cl)c2Cl)n2nc(C)cc2N1.CC1=C(C(=O)N2CCN(c3ccc(F)cc3)CC2)C(c2cccc(Cl)c2Cl)n2nc(C)cc2N1CCN(C)C.CC1=C(C(=O)N2CCN(c3ccc(F)cc3)CC2)C(c2cccc(Cl)c2Cl)n2nc(C)cc2N1CCN(C)C.CN(C)CCCl. The smallest absolute Gasteiger partial charge is 0.254 e. The van der Waals surface area contributed by atoms with Crippen molar-refractivity contribution in [3.05, 3.63) is 261 Å². The number of alkyl halides is 1. The van der Waals surface area contributed by atoms with Crippen LogP contribution in [0, 0.1) is 38.2 Å². The third kappa shape index (κ3) is 19.9. The molecule has 6 aromatic carbocycles. The van der Waals surface area contributed by atoms with Gasteiger partial charge in [0.25, 0.3) is 17.7 Å². The fraction of sp³-hybridized carbons (Fsp3) is 0.379. The zero-order valence-electron chi connectivity index (χ0n) is 68.4. The standard InChI is InChI=1S/2C29H33Cl2FN6O.C25H24Cl2FN5O.C4H10ClN/c2*1-19-18-25-37(17-12-34(3)4)20(2)26(28(38(25)33-19)23-6-5-7-24(30)27(23)31)29(39)36-15-13-35(14-16-36)22-10-8-21(32)9-11-22;1-15-14-21-29-16(2)22(24(33(21)30-15)19-4-3-5-20(26)23(19)27)25(34)32-12-10-31(11-13-32)18-8-6-17(28)7-9-18;1-6(2)4-3-5/h2*5-11,18,28H,12-17H2,1-4H3;3-9,14,24,29H,10-13H2,1-2H3;3-4H2,1-2H3. The number of benzene rings is 6. The first-order valence-electron chi connectivity index (χ1n) is 39.3. The number of piperazine rings is 3. The second-order valence-electron chi connectivity index (χ2n) is 30.8. The molecule has 3 unspecified atom stereocenters. The molecule has 0 radical (unpaired) electrons. The molecule has 9 aromatic rings. The summed E-state index contributed by atoms with van der Waals surface area (Å²) in [4.78, 5) is 65.5. The first-order valence-corrected chi connectivity index (χ1v) is 42.1. The zero-order chi connectivity index (χ0) is 84.7. The molecule has 31 heteroatoms. The number of nitrogens with zero attached hydrogens (tertiary/aromatic N) is 17. The average molecular weight is 1750 g/mol. The number of hydrogen-bond donors (Lipinski definition) is 1. The highest BCUT2D eigenvalue weighted by Crippen LogP contribution is 2.48. The van der Waals surface area contributed by atoms with E-state index in [4.69, 9.17) is 91.4 Å². The molecular weight excluding hydrogens is 1650 g/mol. The third-order valence-electron chi connectivity index (χ3n) is 21.8. The number of allylic oxidation sites excluding steroid dienone is 3. The van der Waals surface area contributed by atoms with Gasteiger partial charge in [0.15, 0.2) is 0 Å². The molecule has 3 atom stereocenters. The van der Waals surface area contributed by atoms with Crippen molar-refractivity contribution in [3.8, 4) is 0 Å². The Kier molecular flexibility index (Phi) is 29.3. The van der Waals surface area contributed by atoms with E-state index in [0.29, 0.717) is 138 Å². The van der Waals surface area contributed by atoms with Crippen LogP contribution in [0.15, 0.2) is 179 Å². The molecule has 9 heterocycles. The lowest BCUT2D eigenvalue weighted by Crippen LogP contribution is -2.51. The Labute approximate surface area is 724 Å². The number of halogens is 10. The van der Waals surface area contributed by atoms with Crippen LogP contribution in [0.3, 0.4) is 0 Å². The maximum Gasteiger partial charge on any atom is 0.254 e. The highest BCUT2D eigenvalue weighted by atomic mass is 35.5. The molecule has 1 N–H and O–H groups in total. The van der Waals surface area contributed by atoms with Crippen LogP contribution < -0.4 is 29.8 Å². The van der Waals surface area contributed by atoms with E-state index in [1.807, 2.05) is 172 Å². The molecule has 6 aliphatic heterocycles. The van der Waals surface area contributed by atoms with Crippen molar-refractivity contribution in [1.82, 2.24) is 58.7 Å². The molecule has 0 spiro atoms. The maximum atomic E-state index is 14.4. The number of likely N-dealkylation sites (N-methyl/N-ethyl adjacent to an activating group) is 2. The van der Waals surface area contributed by atoms with Crippen LogP contribution >= 0.6 is 81.2 Å². The second-order valence-corrected chi connectivity index (χ2v) is 33.5. The normalized spacial score (nSPS) is 17.4. The number of rotatable bonds is 17. The van der Waals surface area contributed by atoms with Crippen LogP contribution in [0.2, 0.25) is 30.1 Å². The van der Waals surface area contributed by atoms with E-state index >= 15 is 0 Å². The monoisotopic (exact) mass is 1750 g/mol. The Bertz CT molecular complexity index is 4950. The van der Waals surface area contributed by atoms with Crippen molar-refractivity contribution in [2.75, 3.05) is 189 Å². The lowest BCUT2D eigenvalue weighted by molar-refractivity contribution is -0.128. The number of carbonyl (C=O) groups excluding carboxylic acids is 3. The fourth-order valence-corrected chi connectivity index (χ4v) is 17.2. The number of nitrogens with one attached hydrogen (secondary N) is 1. The van der Waals surface area contributed by atoms with Crippen molar-refractivity contribution >= 4 is 133 Å². The molecule has 0 aliphatic carbocycles. The van der Waals surface area contributed by atoms with Gasteiger partial charge in [-0.2, -0.15) is 15.3 Å². The summed E-state index contributed by atoms with van der Waals surface area (Å²) in [6, 6.07) is 40.4. The maximum absolute atomic E-state index is 14.4. The lowest BCUT2D eigenvalue weighted by atomic mass is 9.93. The van der Waals surface area contributed by atoms with Crippen LogP contribution in [0.25, 0.3) is 0 Å². The Morgan fingerprint density at radius 2 is 0.695 bits per heavy atom. The Hall–Kier alpha value is -8.92. The minimum atomic E-state index is -0.516. The number of amides is 3. The summed E-state index contributed by atoms with van der Waals surface area (Å²) in [6.45, 7) is 23.0. The summed E-state index contributed by atoms with van der Waals surface area (Å²) in [5.41, 5.74) is 12.0. The van der Waals surface area contributed by atoms with E-state index in [9.17, 15) is 27.6 Å². The Balaban J connectivity index is 0.000000157. The molecule has 3 amide bonds. The molecule has 0 saturated carbocycles. The van der Waals surface area contributed by atoms with Gasteiger partial charge in [-0.25, -0.2) is 27.2 Å². The van der Waals surface area contributed by atoms with E-state index < -0.39 is 18.1 Å². The van der Waals surface area contributed by atoms with Crippen LogP contribution in [0.5, 0.6) is 0 Å². The predicted octanol–water partition coefficient (Wildman–Crippen LogP) is 16.5. The van der Waals surface area contributed by atoms with Gasteiger partial charge in [-0.3, -0.25) is 14.4 Å². The molecule has 3 fully saturated rings. The van der Waals surface area contributed by atoms with E-state index in [2.05, 4.69) is 44.7 Å². The predicted molar refractivity (Wildman–Crippen MR) is 473 cm³/mol. The Morgan fingerprint density at radius 1 is 0.398 bits per heavy atom. The van der Waals surface area contributed by atoms with Gasteiger partial charge in [0.05, 0.1) is 63.9 Å². The van der Waals surface area contributed by atoms with E-state index in [0.717, 1.165) is 111 Å². The largest absolute Gasteiger partial charge is 0.368 e. The van der Waals surface area contributed by atoms with Gasteiger partial charge < -0.3 is 59.2 Å². The molecule has 3 saturated heterocycles. The van der Waals surface area contributed by atoms with Gasteiger partial charge in [0.1, 0.15) is 53.0 Å². The molecule has 0 bridgehead atoms. The van der Waals surface area contributed by atoms with E-state index in [1.165, 1.54) is 36.4 Å². The van der Waals surface area contributed by atoms with Crippen LogP contribution in [-0.4, -0.2) is 236 Å². The molecule has 21 nitrogen and oxygen atoms in total. The number of hydrogen-bond acceptors (Lipinski definition) is 15. The highest BCUT2D eigenvalue weighted by Gasteiger charge is 2.44. The summed E-state index contributed by atoms with van der Waals surface area (Å²) < 4.78 is 45.8. The first-order chi connectivity index (χ1) is 56.4. The van der Waals surface area contributed by atoms with Crippen LogP contribution in [-0.2, 0) is 14.4 Å². The average Bonchev–Trinajstić information content (AvgIpc) is 1.48. The number of anilines is 6. The summed E-state index contributed by atoms with van der Waals surface area (Å²) in [7, 11) is 12.1. The molecule has 3 aromatic heterocycles. The minimum absolute atomic E-state index is 0.0408. The Morgan fingerprint density at radius 3 is 1.00 bits per heavy atom. The van der Waals surface area contributed by atoms with Crippen molar-refractivity contribution in [1.29, 1.82) is 0 Å². The molecule has 15 rings (SSSR count). The highest BCUT2D eigenvalue weighted by molar-refractivity contribution is 6.43. The van der Waals surface area contributed by atoms with Gasteiger partial charge in [-0.1, -0.05) is 106 Å². The van der Waals surface area contributed by atoms with Crippen molar-refractivity contribution < 1.29 is 27.6 Å². The van der Waals surface area contributed by atoms with Crippen molar-refractivity contribution in [2.45, 2.75) is 59.7 Å². The number of aryl methyl sites for hydroxylation is 3. The second kappa shape index (κ2) is 39.1. The number of fused-ring (bicyclic) bond motifs is 3. The van der Waals surface area contributed by atoms with Gasteiger partial charge in [0.2, 0.25) is 0 Å². The number of carbonyl (C=O) groups is 3. The third-order valence-corrected chi connectivity index (χ3v) is 24.5. The lowest BCUT2D eigenvalue weighted by Gasteiger charge is -2.41. The van der Waals surface area contributed by atoms with E-state index in [-0.39, 0.29) is 35.2 Å². The van der Waals surface area contributed by atoms with Crippen molar-refractivity contribution in [2.24, 2.45) is 0 Å². The van der Waals surface area contributed by atoms with Gasteiger partial charge in [-0.15, -0.1) is 11.6 Å². The summed E-state index contributed by atoms with van der Waals surface area (Å²) in [6.07, 6.45) is 0. The van der Waals surface area contributed by atoms with E-state index in [1.54, 1.807) is 54.6 Å². The topological polar surface area (TPSA) is 152 Å². The first kappa shape index (κ1) is 88.4.